The first-order valence-electron chi connectivity index (χ1n) is 6.89. The smallest absolute Gasteiger partial charge is 0.286 e. The van der Waals surface area contributed by atoms with Gasteiger partial charge in [0.25, 0.3) is 11.6 Å². The summed E-state index contributed by atoms with van der Waals surface area (Å²) in [6, 6.07) is 7.93. The van der Waals surface area contributed by atoms with E-state index < -0.39 is 16.5 Å². The van der Waals surface area contributed by atoms with Crippen molar-refractivity contribution in [1.82, 2.24) is 5.32 Å². The first-order valence-corrected chi connectivity index (χ1v) is 6.89. The van der Waals surface area contributed by atoms with Crippen molar-refractivity contribution in [3.05, 3.63) is 63.5 Å². The SMILES string of the molecule is COc1cc(C(=O)NCc2ccc(F)cc2)c([N+](=O)[O-])cc1OC. The largest absolute Gasteiger partial charge is 0.493 e. The Bertz CT molecular complexity index is 762. The fraction of sp³-hybridized carbons (Fsp3) is 0.188. The molecule has 0 saturated carbocycles. The number of carbonyl (C=O) groups excluding carboxylic acids is 1. The molecule has 24 heavy (non-hydrogen) atoms. The van der Waals surface area contributed by atoms with Crippen LogP contribution in [0.1, 0.15) is 15.9 Å². The Balaban J connectivity index is 2.26. The van der Waals surface area contributed by atoms with Crippen molar-refractivity contribution in [3.8, 4) is 11.5 Å². The quantitative estimate of drug-likeness (QED) is 0.648. The number of nitro benzene ring substituents is 1. The number of hydrogen-bond acceptors (Lipinski definition) is 5. The molecule has 0 saturated heterocycles. The van der Waals surface area contributed by atoms with Crippen LogP contribution in [0.25, 0.3) is 0 Å². The molecule has 2 aromatic rings. The summed E-state index contributed by atoms with van der Waals surface area (Å²) < 4.78 is 22.9. The average molecular weight is 334 g/mol. The molecule has 126 valence electrons. The van der Waals surface area contributed by atoms with Crippen LogP contribution in [0, 0.1) is 15.9 Å². The normalized spacial score (nSPS) is 10.1. The van der Waals surface area contributed by atoms with Crippen molar-refractivity contribution in [3.63, 3.8) is 0 Å². The number of benzene rings is 2. The van der Waals surface area contributed by atoms with Gasteiger partial charge in [-0.05, 0) is 17.7 Å². The standard InChI is InChI=1S/C16H15FN2O5/c1-23-14-7-12(13(19(21)22)8-15(14)24-2)16(20)18-9-10-3-5-11(17)6-4-10/h3-8H,9H2,1-2H3,(H,18,20). The fourth-order valence-electron chi connectivity index (χ4n) is 2.08. The highest BCUT2D eigenvalue weighted by molar-refractivity contribution is 5.99. The third-order valence-corrected chi connectivity index (χ3v) is 3.31. The lowest BCUT2D eigenvalue weighted by atomic mass is 10.1. The van der Waals surface area contributed by atoms with Crippen LogP contribution in [-0.2, 0) is 6.54 Å². The van der Waals surface area contributed by atoms with E-state index in [4.69, 9.17) is 9.47 Å². The first kappa shape index (κ1) is 17.2. The summed E-state index contributed by atoms with van der Waals surface area (Å²) in [6.07, 6.45) is 0. The molecular formula is C16H15FN2O5. The predicted molar refractivity (Wildman–Crippen MR) is 83.8 cm³/mol. The number of amides is 1. The van der Waals surface area contributed by atoms with Crippen molar-refractivity contribution in [2.45, 2.75) is 6.54 Å². The van der Waals surface area contributed by atoms with E-state index in [9.17, 15) is 19.3 Å². The molecule has 0 heterocycles. The second kappa shape index (κ2) is 7.40. The van der Waals surface area contributed by atoms with Crippen LogP contribution < -0.4 is 14.8 Å². The Morgan fingerprint density at radius 3 is 2.29 bits per heavy atom. The Hall–Kier alpha value is -3.16. The lowest BCUT2D eigenvalue weighted by Crippen LogP contribution is -2.23. The molecule has 8 heteroatoms. The van der Waals surface area contributed by atoms with Gasteiger partial charge in [-0.3, -0.25) is 14.9 Å². The molecule has 2 rings (SSSR count). The molecule has 0 unspecified atom stereocenters. The highest BCUT2D eigenvalue weighted by Gasteiger charge is 2.24. The van der Waals surface area contributed by atoms with Crippen LogP contribution in [0.4, 0.5) is 10.1 Å². The summed E-state index contributed by atoms with van der Waals surface area (Å²) in [5.41, 5.74) is 0.108. The molecule has 0 aliphatic carbocycles. The number of carbonyl (C=O) groups is 1. The van der Waals surface area contributed by atoms with Gasteiger partial charge in [0, 0.05) is 12.6 Å². The maximum absolute atomic E-state index is 12.9. The minimum Gasteiger partial charge on any atom is -0.493 e. The second-order valence-corrected chi connectivity index (χ2v) is 4.79. The van der Waals surface area contributed by atoms with Crippen molar-refractivity contribution in [2.24, 2.45) is 0 Å². The molecule has 0 aromatic heterocycles. The fourth-order valence-corrected chi connectivity index (χ4v) is 2.08. The van der Waals surface area contributed by atoms with E-state index in [0.29, 0.717) is 5.56 Å². The molecule has 0 bridgehead atoms. The van der Waals surface area contributed by atoms with Gasteiger partial charge >= 0.3 is 0 Å². The molecule has 1 N–H and O–H groups in total. The highest BCUT2D eigenvalue weighted by Crippen LogP contribution is 2.34. The maximum Gasteiger partial charge on any atom is 0.286 e. The number of methoxy groups -OCH3 is 2. The van der Waals surface area contributed by atoms with Crippen molar-refractivity contribution < 1.29 is 23.6 Å². The second-order valence-electron chi connectivity index (χ2n) is 4.79. The lowest BCUT2D eigenvalue weighted by Gasteiger charge is -2.11. The Morgan fingerprint density at radius 1 is 1.17 bits per heavy atom. The third-order valence-electron chi connectivity index (χ3n) is 3.31. The van der Waals surface area contributed by atoms with Crippen molar-refractivity contribution in [1.29, 1.82) is 0 Å². The van der Waals surface area contributed by atoms with E-state index in [2.05, 4.69) is 5.32 Å². The summed E-state index contributed by atoms with van der Waals surface area (Å²) in [5, 5.41) is 13.7. The van der Waals surface area contributed by atoms with Gasteiger partial charge in [0.1, 0.15) is 11.4 Å². The summed E-state index contributed by atoms with van der Waals surface area (Å²) in [4.78, 5) is 22.8. The third kappa shape index (κ3) is 3.78. The summed E-state index contributed by atoms with van der Waals surface area (Å²) in [7, 11) is 2.71. The molecule has 0 radical (unpaired) electrons. The zero-order valence-electron chi connectivity index (χ0n) is 13.0. The Kier molecular flexibility index (Phi) is 5.31. The zero-order valence-corrected chi connectivity index (χ0v) is 13.0. The molecule has 1 amide bonds. The van der Waals surface area contributed by atoms with Crippen LogP contribution in [0.5, 0.6) is 11.5 Å². The van der Waals surface area contributed by atoms with Gasteiger partial charge in [-0.2, -0.15) is 0 Å². The van der Waals surface area contributed by atoms with Crippen LogP contribution in [-0.4, -0.2) is 25.1 Å². The molecule has 0 aliphatic rings. The number of rotatable bonds is 6. The lowest BCUT2D eigenvalue weighted by molar-refractivity contribution is -0.385. The van der Waals surface area contributed by atoms with Crippen LogP contribution in [0.15, 0.2) is 36.4 Å². The Morgan fingerprint density at radius 2 is 1.75 bits per heavy atom. The van der Waals surface area contributed by atoms with Gasteiger partial charge in [0.05, 0.1) is 25.2 Å². The summed E-state index contributed by atoms with van der Waals surface area (Å²) in [6.45, 7) is 0.102. The van der Waals surface area contributed by atoms with E-state index in [1.54, 1.807) is 0 Å². The van der Waals surface area contributed by atoms with E-state index in [0.717, 1.165) is 6.07 Å². The molecular weight excluding hydrogens is 319 g/mol. The van der Waals surface area contributed by atoms with Gasteiger partial charge in [-0.15, -0.1) is 0 Å². The molecule has 0 spiro atoms. The number of nitrogens with one attached hydrogen (secondary N) is 1. The van der Waals surface area contributed by atoms with Gasteiger partial charge in [0.2, 0.25) is 0 Å². The van der Waals surface area contributed by atoms with E-state index >= 15 is 0 Å². The van der Waals surface area contributed by atoms with Crippen LogP contribution in [0.3, 0.4) is 0 Å². The zero-order chi connectivity index (χ0) is 17.7. The van der Waals surface area contributed by atoms with Gasteiger partial charge in [0.15, 0.2) is 11.5 Å². The number of nitro groups is 1. The maximum atomic E-state index is 12.9. The molecule has 2 aromatic carbocycles. The Labute approximate surface area is 137 Å². The predicted octanol–water partition coefficient (Wildman–Crippen LogP) is 2.68. The van der Waals surface area contributed by atoms with E-state index in [-0.39, 0.29) is 29.4 Å². The number of hydrogen-bond donors (Lipinski definition) is 1. The molecule has 0 aliphatic heterocycles. The first-order chi connectivity index (χ1) is 11.5. The van der Waals surface area contributed by atoms with Crippen molar-refractivity contribution >= 4 is 11.6 Å². The topological polar surface area (TPSA) is 90.7 Å². The number of halogens is 1. The molecule has 0 atom stereocenters. The summed E-state index contributed by atoms with van der Waals surface area (Å²) >= 11 is 0. The minimum absolute atomic E-state index is 0.102. The number of nitrogens with zero attached hydrogens (tertiary/aromatic N) is 1. The van der Waals surface area contributed by atoms with Gasteiger partial charge < -0.3 is 14.8 Å². The van der Waals surface area contributed by atoms with Crippen molar-refractivity contribution in [2.75, 3.05) is 14.2 Å². The van der Waals surface area contributed by atoms with Gasteiger partial charge in [-0.1, -0.05) is 12.1 Å². The molecule has 7 nitrogen and oxygen atoms in total. The number of ether oxygens (including phenoxy) is 2. The average Bonchev–Trinajstić information content (AvgIpc) is 2.59. The highest BCUT2D eigenvalue weighted by atomic mass is 19.1. The van der Waals surface area contributed by atoms with E-state index in [1.807, 2.05) is 0 Å². The minimum atomic E-state index is -0.672. The summed E-state index contributed by atoms with van der Waals surface area (Å²) in [5.74, 6) is -0.679. The monoisotopic (exact) mass is 334 g/mol. The van der Waals surface area contributed by atoms with E-state index in [1.165, 1.54) is 44.6 Å². The van der Waals surface area contributed by atoms with Gasteiger partial charge in [-0.25, -0.2) is 4.39 Å². The molecule has 0 fully saturated rings. The van der Waals surface area contributed by atoms with Crippen LogP contribution in [0.2, 0.25) is 0 Å². The van der Waals surface area contributed by atoms with Crippen LogP contribution >= 0.6 is 0 Å².